The second-order valence-corrected chi connectivity index (χ2v) is 3.77. The zero-order valence-electron chi connectivity index (χ0n) is 9.78. The predicted molar refractivity (Wildman–Crippen MR) is 65.0 cm³/mol. The van der Waals surface area contributed by atoms with Crippen LogP contribution in [0.15, 0.2) is 36.5 Å². The Balaban J connectivity index is 2.00. The highest BCUT2D eigenvalue weighted by Gasteiger charge is 2.09. The highest BCUT2D eigenvalue weighted by atomic mass is 16.3. The Hall–Kier alpha value is -2.21. The van der Waals surface area contributed by atoms with Crippen LogP contribution in [0, 0.1) is 0 Å². The number of rotatable bonds is 5. The first-order chi connectivity index (χ1) is 8.79. The van der Waals surface area contributed by atoms with E-state index in [9.17, 15) is 4.79 Å². The predicted octanol–water partition coefficient (Wildman–Crippen LogP) is 0.0485. The van der Waals surface area contributed by atoms with Crippen LogP contribution in [0.3, 0.4) is 0 Å². The summed E-state index contributed by atoms with van der Waals surface area (Å²) < 4.78 is 1.60. The number of amides is 1. The number of aromatic nitrogens is 3. The Labute approximate surface area is 104 Å². The lowest BCUT2D eigenvalue weighted by molar-refractivity contribution is 0.0939. The van der Waals surface area contributed by atoms with Crippen LogP contribution >= 0.6 is 0 Å². The molecule has 1 amide bonds. The Kier molecular flexibility index (Phi) is 4.03. The summed E-state index contributed by atoms with van der Waals surface area (Å²) in [5, 5.41) is 18.8. The van der Waals surface area contributed by atoms with Crippen LogP contribution in [-0.4, -0.2) is 39.2 Å². The van der Waals surface area contributed by atoms with E-state index in [1.165, 1.54) is 0 Å². The molecule has 0 fully saturated rings. The zero-order chi connectivity index (χ0) is 12.8. The molecule has 0 radical (unpaired) electrons. The second kappa shape index (κ2) is 5.92. The molecule has 2 rings (SSSR count). The molecule has 2 N–H and O–H groups in total. The van der Waals surface area contributed by atoms with Gasteiger partial charge in [0.15, 0.2) is 5.69 Å². The van der Waals surface area contributed by atoms with Crippen LogP contribution < -0.4 is 5.32 Å². The lowest BCUT2D eigenvalue weighted by Gasteiger charge is -1.99. The number of carbonyl (C=O) groups is 1. The van der Waals surface area contributed by atoms with E-state index < -0.39 is 0 Å². The normalized spacial score (nSPS) is 10.3. The van der Waals surface area contributed by atoms with Gasteiger partial charge >= 0.3 is 0 Å². The molecule has 0 saturated heterocycles. The quantitative estimate of drug-likeness (QED) is 0.781. The van der Waals surface area contributed by atoms with Crippen molar-refractivity contribution >= 4 is 5.91 Å². The van der Waals surface area contributed by atoms with E-state index in [-0.39, 0.29) is 24.8 Å². The highest BCUT2D eigenvalue weighted by molar-refractivity contribution is 5.91. The van der Waals surface area contributed by atoms with Gasteiger partial charge in [0.1, 0.15) is 0 Å². The van der Waals surface area contributed by atoms with Crippen molar-refractivity contribution in [2.45, 2.75) is 6.54 Å². The Morgan fingerprint density at radius 3 is 2.83 bits per heavy atom. The van der Waals surface area contributed by atoms with Crippen molar-refractivity contribution < 1.29 is 9.90 Å². The van der Waals surface area contributed by atoms with Crippen molar-refractivity contribution in [2.24, 2.45) is 0 Å². The third-order valence-electron chi connectivity index (χ3n) is 2.36. The number of carbonyl (C=O) groups excluding carboxylic acids is 1. The van der Waals surface area contributed by atoms with Crippen molar-refractivity contribution in [3.05, 3.63) is 47.8 Å². The summed E-state index contributed by atoms with van der Waals surface area (Å²) in [5.74, 6) is -0.330. The third-order valence-corrected chi connectivity index (χ3v) is 2.36. The average Bonchev–Trinajstić information content (AvgIpc) is 2.86. The molecule has 0 aliphatic rings. The van der Waals surface area contributed by atoms with Crippen LogP contribution in [0.2, 0.25) is 0 Å². The summed E-state index contributed by atoms with van der Waals surface area (Å²) in [7, 11) is 0. The smallest absolute Gasteiger partial charge is 0.273 e. The van der Waals surface area contributed by atoms with Crippen molar-refractivity contribution in [1.82, 2.24) is 20.3 Å². The molecule has 2 aromatic rings. The first-order valence-electron chi connectivity index (χ1n) is 5.62. The van der Waals surface area contributed by atoms with Gasteiger partial charge in [0.05, 0.1) is 19.3 Å². The molecule has 18 heavy (non-hydrogen) atoms. The summed E-state index contributed by atoms with van der Waals surface area (Å²) in [4.78, 5) is 11.5. The fraction of sp³-hybridized carbons (Fsp3) is 0.250. The Morgan fingerprint density at radius 2 is 2.11 bits per heavy atom. The number of nitrogens with zero attached hydrogens (tertiary/aromatic N) is 3. The van der Waals surface area contributed by atoms with Gasteiger partial charge in [-0.15, -0.1) is 5.10 Å². The SMILES string of the molecule is O=C(NCCO)c1cn(Cc2ccccc2)nn1. The van der Waals surface area contributed by atoms with E-state index >= 15 is 0 Å². The minimum Gasteiger partial charge on any atom is -0.395 e. The van der Waals surface area contributed by atoms with Gasteiger partial charge in [0, 0.05) is 6.54 Å². The van der Waals surface area contributed by atoms with Crippen molar-refractivity contribution in [3.63, 3.8) is 0 Å². The number of nitrogens with one attached hydrogen (secondary N) is 1. The minimum absolute atomic E-state index is 0.0934. The molecule has 6 nitrogen and oxygen atoms in total. The van der Waals surface area contributed by atoms with E-state index in [0.717, 1.165) is 5.56 Å². The lowest BCUT2D eigenvalue weighted by atomic mass is 10.2. The molecule has 94 valence electrons. The summed E-state index contributed by atoms with van der Waals surface area (Å²) in [5.41, 5.74) is 1.34. The van der Waals surface area contributed by atoms with Crippen molar-refractivity contribution in [1.29, 1.82) is 0 Å². The summed E-state index contributed by atoms with van der Waals surface area (Å²) in [6.45, 7) is 0.690. The Bertz CT molecular complexity index is 510. The average molecular weight is 246 g/mol. The van der Waals surface area contributed by atoms with Gasteiger partial charge in [-0.2, -0.15) is 0 Å². The van der Waals surface area contributed by atoms with Crippen LogP contribution in [0.4, 0.5) is 0 Å². The molecule has 0 spiro atoms. The standard InChI is InChI=1S/C12H14N4O2/c17-7-6-13-12(18)11-9-16(15-14-11)8-10-4-2-1-3-5-10/h1-5,9,17H,6-8H2,(H,13,18). The van der Waals surface area contributed by atoms with E-state index in [1.54, 1.807) is 10.9 Å². The van der Waals surface area contributed by atoms with Gasteiger partial charge in [0.2, 0.25) is 0 Å². The van der Waals surface area contributed by atoms with Crippen molar-refractivity contribution in [2.75, 3.05) is 13.2 Å². The molecule has 0 aliphatic carbocycles. The third kappa shape index (κ3) is 3.14. The minimum atomic E-state index is -0.330. The van der Waals surface area contributed by atoms with Gasteiger partial charge in [-0.1, -0.05) is 35.5 Å². The molecule has 0 bridgehead atoms. The molecule has 0 saturated carbocycles. The maximum Gasteiger partial charge on any atom is 0.273 e. The number of benzene rings is 1. The molecule has 0 unspecified atom stereocenters. The van der Waals surface area contributed by atoms with Gasteiger partial charge in [-0.25, -0.2) is 4.68 Å². The monoisotopic (exact) mass is 246 g/mol. The maximum absolute atomic E-state index is 11.5. The highest BCUT2D eigenvalue weighted by Crippen LogP contribution is 2.02. The summed E-state index contributed by atoms with van der Waals surface area (Å²) in [6.07, 6.45) is 1.58. The Morgan fingerprint density at radius 1 is 1.33 bits per heavy atom. The summed E-state index contributed by atoms with van der Waals surface area (Å²) in [6, 6.07) is 9.79. The summed E-state index contributed by atoms with van der Waals surface area (Å²) >= 11 is 0. The zero-order valence-corrected chi connectivity index (χ0v) is 9.78. The largest absolute Gasteiger partial charge is 0.395 e. The van der Waals surface area contributed by atoms with Crippen LogP contribution in [0.1, 0.15) is 16.1 Å². The van der Waals surface area contributed by atoms with Crippen LogP contribution in [-0.2, 0) is 6.54 Å². The van der Waals surface area contributed by atoms with Gasteiger partial charge in [-0.3, -0.25) is 4.79 Å². The number of hydrogen-bond donors (Lipinski definition) is 2. The second-order valence-electron chi connectivity index (χ2n) is 3.77. The molecule has 0 aliphatic heterocycles. The maximum atomic E-state index is 11.5. The van der Waals surface area contributed by atoms with E-state index in [2.05, 4.69) is 15.6 Å². The number of hydrogen-bond acceptors (Lipinski definition) is 4. The molecule has 6 heteroatoms. The van der Waals surface area contributed by atoms with Gasteiger partial charge < -0.3 is 10.4 Å². The van der Waals surface area contributed by atoms with E-state index in [4.69, 9.17) is 5.11 Å². The van der Waals surface area contributed by atoms with E-state index in [0.29, 0.717) is 6.54 Å². The van der Waals surface area contributed by atoms with Crippen LogP contribution in [0.5, 0.6) is 0 Å². The number of aliphatic hydroxyl groups is 1. The molecule has 1 aromatic heterocycles. The fourth-order valence-corrected chi connectivity index (χ4v) is 1.51. The first kappa shape index (κ1) is 12.3. The molecule has 1 heterocycles. The lowest BCUT2D eigenvalue weighted by Crippen LogP contribution is -2.26. The fourth-order valence-electron chi connectivity index (χ4n) is 1.51. The first-order valence-corrected chi connectivity index (χ1v) is 5.62. The molecule has 1 aromatic carbocycles. The topological polar surface area (TPSA) is 80.0 Å². The van der Waals surface area contributed by atoms with Gasteiger partial charge in [-0.05, 0) is 5.56 Å². The van der Waals surface area contributed by atoms with E-state index in [1.807, 2.05) is 30.3 Å². The molecular formula is C12H14N4O2. The van der Waals surface area contributed by atoms with Gasteiger partial charge in [0.25, 0.3) is 5.91 Å². The van der Waals surface area contributed by atoms with Crippen molar-refractivity contribution in [3.8, 4) is 0 Å². The molecular weight excluding hydrogens is 232 g/mol. The number of aliphatic hydroxyl groups excluding tert-OH is 1. The molecule has 0 atom stereocenters. The van der Waals surface area contributed by atoms with Crippen LogP contribution in [0.25, 0.3) is 0 Å².